The second-order valence-electron chi connectivity index (χ2n) is 0.867. The third-order valence-corrected chi connectivity index (χ3v) is 0.326. The third-order valence-electron chi connectivity index (χ3n) is 0.326. The van der Waals surface area contributed by atoms with Gasteiger partial charge < -0.3 is 10.2 Å². The van der Waals surface area contributed by atoms with E-state index in [1.165, 1.54) is 0 Å². The Balaban J connectivity index is 2.83. The summed E-state index contributed by atoms with van der Waals surface area (Å²) < 4.78 is 0. The Morgan fingerprint density at radius 1 is 1.67 bits per heavy atom. The van der Waals surface area contributed by atoms with E-state index in [0.717, 1.165) is 0 Å². The maximum absolute atomic E-state index is 9.44. The predicted octanol–water partition coefficient (Wildman–Crippen LogP) is -0.547. The second-order valence-corrected chi connectivity index (χ2v) is 0.867. The van der Waals surface area contributed by atoms with Crippen LogP contribution in [0.2, 0.25) is 0 Å². The second kappa shape index (κ2) is 2.66. The average Bonchev–Trinajstić information content (AvgIpc) is 1.35. The molecule has 0 amide bonds. The fourth-order valence-corrected chi connectivity index (χ4v) is 0.0956. The van der Waals surface area contributed by atoms with Gasteiger partial charge in [0.05, 0.1) is 13.0 Å². The molecule has 3 nitrogen and oxygen atoms in total. The summed E-state index contributed by atoms with van der Waals surface area (Å²) in [6.07, 6.45) is -0.153. The Kier molecular flexibility index (Phi) is 2.40. The molecule has 0 aromatic heterocycles. The Morgan fingerprint density at radius 2 is 2.17 bits per heavy atom. The van der Waals surface area contributed by atoms with E-state index in [9.17, 15) is 4.79 Å². The molecule has 0 fully saturated rings. The number of hydrogen-bond donors (Lipinski definition) is 2. The summed E-state index contributed by atoms with van der Waals surface area (Å²) in [5.74, 6) is -0.961. The molecule has 0 heterocycles. The largest absolute Gasteiger partial charge is 0.481 e. The lowest BCUT2D eigenvalue weighted by atomic mass is 10.7. The Hall–Kier alpha value is -0.570. The maximum atomic E-state index is 9.44. The van der Waals surface area contributed by atoms with Crippen molar-refractivity contribution < 1.29 is 15.0 Å². The molecule has 0 unspecified atom stereocenters. The Bertz CT molecular complexity index is 50.0. The summed E-state index contributed by atoms with van der Waals surface area (Å²) in [6.45, 7) is -0.269. The van der Waals surface area contributed by atoms with Crippen molar-refractivity contribution in [1.29, 1.82) is 0 Å². The first-order valence-corrected chi connectivity index (χ1v) is 1.60. The van der Waals surface area contributed by atoms with Gasteiger partial charge in [0.25, 0.3) is 0 Å². The zero-order chi connectivity index (χ0) is 4.99. The summed E-state index contributed by atoms with van der Waals surface area (Å²) in [5, 5.41) is 15.6. The number of aliphatic carboxylic acids is 1. The van der Waals surface area contributed by atoms with Crippen LogP contribution in [-0.2, 0) is 4.79 Å². The molecular weight excluding hydrogens is 86.0 g/mol. The number of carbonyl (C=O) groups is 1. The first-order valence-electron chi connectivity index (χ1n) is 1.60. The number of carboxylic acid groups (broad SMARTS) is 1. The summed E-state index contributed by atoms with van der Waals surface area (Å²) >= 11 is 0. The standard InChI is InChI=1S/C3H6O3/c4-2-1-3(5)6/h4H,1-2H2,(H,5,6)/i3+2. The third kappa shape index (κ3) is 3.43. The van der Waals surface area contributed by atoms with Gasteiger partial charge in [-0.1, -0.05) is 0 Å². The van der Waals surface area contributed by atoms with Gasteiger partial charge in [0.15, 0.2) is 0 Å². The topological polar surface area (TPSA) is 57.5 Å². The van der Waals surface area contributed by atoms with Gasteiger partial charge in [-0.25, -0.2) is 0 Å². The first-order chi connectivity index (χ1) is 2.77. The van der Waals surface area contributed by atoms with Crippen LogP contribution in [0.3, 0.4) is 0 Å². The van der Waals surface area contributed by atoms with Crippen molar-refractivity contribution >= 4 is 5.97 Å². The normalized spacial score (nSPS) is 8.17. The zero-order valence-corrected chi connectivity index (χ0v) is 3.22. The minimum Gasteiger partial charge on any atom is -0.481 e. The van der Waals surface area contributed by atoms with Crippen molar-refractivity contribution in [3.8, 4) is 0 Å². The van der Waals surface area contributed by atoms with E-state index in [4.69, 9.17) is 10.2 Å². The first kappa shape index (κ1) is 5.43. The summed E-state index contributed by atoms with van der Waals surface area (Å²) in [6, 6.07) is 0. The highest BCUT2D eigenvalue weighted by Gasteiger charge is 1.88. The summed E-state index contributed by atoms with van der Waals surface area (Å²) in [4.78, 5) is 9.44. The molecule has 0 saturated carbocycles. The lowest BCUT2D eigenvalue weighted by Gasteiger charge is -1.79. The fraction of sp³-hybridized carbons (Fsp3) is 0.667. The van der Waals surface area contributed by atoms with Crippen molar-refractivity contribution in [1.82, 2.24) is 0 Å². The van der Waals surface area contributed by atoms with Gasteiger partial charge in [0, 0.05) is 0 Å². The molecule has 0 saturated heterocycles. The van der Waals surface area contributed by atoms with Crippen LogP contribution >= 0.6 is 0 Å². The maximum Gasteiger partial charge on any atom is 0.305 e. The van der Waals surface area contributed by atoms with E-state index in [0.29, 0.717) is 0 Å². The van der Waals surface area contributed by atoms with Gasteiger partial charge in [-0.15, -0.1) is 0 Å². The molecular formula is C3H6O3. The van der Waals surface area contributed by atoms with Crippen molar-refractivity contribution in [2.75, 3.05) is 6.61 Å². The van der Waals surface area contributed by atoms with Crippen molar-refractivity contribution in [2.45, 2.75) is 6.42 Å². The van der Waals surface area contributed by atoms with Crippen LogP contribution in [-0.4, -0.2) is 22.8 Å². The number of rotatable bonds is 2. The zero-order valence-electron chi connectivity index (χ0n) is 3.22. The van der Waals surface area contributed by atoms with E-state index < -0.39 is 5.97 Å². The van der Waals surface area contributed by atoms with E-state index in [1.54, 1.807) is 0 Å². The van der Waals surface area contributed by atoms with Gasteiger partial charge in [-0.3, -0.25) is 4.79 Å². The molecule has 36 valence electrons. The molecule has 0 rings (SSSR count). The van der Waals surface area contributed by atoms with Crippen LogP contribution < -0.4 is 0 Å². The fourth-order valence-electron chi connectivity index (χ4n) is 0.0956. The summed E-state index contributed by atoms with van der Waals surface area (Å²) in [5.41, 5.74) is 0. The van der Waals surface area contributed by atoms with Crippen LogP contribution in [0, 0.1) is 0 Å². The van der Waals surface area contributed by atoms with Gasteiger partial charge in [-0.05, 0) is 0 Å². The van der Waals surface area contributed by atoms with Crippen LogP contribution in [0.1, 0.15) is 6.42 Å². The molecule has 6 heavy (non-hydrogen) atoms. The summed E-state index contributed by atoms with van der Waals surface area (Å²) in [7, 11) is 0. The van der Waals surface area contributed by atoms with E-state index in [1.807, 2.05) is 0 Å². The van der Waals surface area contributed by atoms with Crippen LogP contribution in [0.15, 0.2) is 0 Å². The molecule has 2 N–H and O–H groups in total. The SMILES string of the molecule is O=[14C](O)CCO. The molecule has 0 aliphatic rings. The minimum atomic E-state index is -0.961. The minimum absolute atomic E-state index is 0.153. The van der Waals surface area contributed by atoms with Gasteiger partial charge in [0.2, 0.25) is 0 Å². The molecule has 0 aromatic rings. The van der Waals surface area contributed by atoms with Crippen molar-refractivity contribution in [2.24, 2.45) is 0 Å². The molecule has 0 atom stereocenters. The predicted molar refractivity (Wildman–Crippen MR) is 19.3 cm³/mol. The Labute approximate surface area is 35.2 Å². The monoisotopic (exact) mass is 92.0 g/mol. The average molecular weight is 92.1 g/mol. The van der Waals surface area contributed by atoms with E-state index in [-0.39, 0.29) is 13.0 Å². The van der Waals surface area contributed by atoms with Gasteiger partial charge in [0.1, 0.15) is 0 Å². The lowest BCUT2D eigenvalue weighted by Crippen LogP contribution is -1.96. The number of carboxylic acids is 1. The van der Waals surface area contributed by atoms with Crippen LogP contribution in [0.4, 0.5) is 0 Å². The number of aliphatic hydroxyl groups excluding tert-OH is 1. The van der Waals surface area contributed by atoms with Gasteiger partial charge in [-0.2, -0.15) is 0 Å². The molecule has 0 bridgehead atoms. The van der Waals surface area contributed by atoms with E-state index in [2.05, 4.69) is 0 Å². The molecule has 0 aromatic carbocycles. The smallest absolute Gasteiger partial charge is 0.305 e. The highest BCUT2D eigenvalue weighted by Crippen LogP contribution is 1.70. The lowest BCUT2D eigenvalue weighted by molar-refractivity contribution is -0.137. The van der Waals surface area contributed by atoms with Crippen LogP contribution in [0.5, 0.6) is 0 Å². The molecule has 0 radical (unpaired) electrons. The van der Waals surface area contributed by atoms with E-state index >= 15 is 0 Å². The van der Waals surface area contributed by atoms with Gasteiger partial charge >= 0.3 is 5.97 Å². The number of aliphatic hydroxyl groups is 1. The molecule has 0 aliphatic heterocycles. The molecule has 0 spiro atoms. The van der Waals surface area contributed by atoms with Crippen molar-refractivity contribution in [3.05, 3.63) is 0 Å². The molecule has 3 heteroatoms. The van der Waals surface area contributed by atoms with Crippen LogP contribution in [0.25, 0.3) is 0 Å². The quantitative estimate of drug-likeness (QED) is 0.480. The number of hydrogen-bond acceptors (Lipinski definition) is 2. The Morgan fingerprint density at radius 3 is 2.17 bits per heavy atom. The van der Waals surface area contributed by atoms with Crippen molar-refractivity contribution in [3.63, 3.8) is 0 Å². The molecule has 0 aliphatic carbocycles. The highest BCUT2D eigenvalue weighted by molar-refractivity contribution is 5.66. The highest BCUT2D eigenvalue weighted by atomic mass is 16.6.